The fourth-order valence-corrected chi connectivity index (χ4v) is 6.08. The molecular formula is C24H24N8O6S2. The molecule has 0 aromatic carbocycles. The number of carbonyl (C=O) groups excluding carboxylic acids is 4. The molecule has 0 saturated carbocycles. The molecule has 0 aliphatic carbocycles. The zero-order valence-corrected chi connectivity index (χ0v) is 22.9. The van der Waals surface area contributed by atoms with Crippen LogP contribution in [0.1, 0.15) is 19.5 Å². The van der Waals surface area contributed by atoms with E-state index >= 15 is 0 Å². The van der Waals surface area contributed by atoms with Crippen molar-refractivity contribution in [1.29, 1.82) is 0 Å². The van der Waals surface area contributed by atoms with Crippen LogP contribution in [-0.2, 0) is 30.6 Å². The lowest BCUT2D eigenvalue weighted by molar-refractivity contribution is -0.510. The third-order valence-electron chi connectivity index (χ3n) is 6.40. The average Bonchev–Trinajstić information content (AvgIpc) is 3.53. The molecule has 5 rings (SSSR count). The summed E-state index contributed by atoms with van der Waals surface area (Å²) in [5.74, 6) is -3.46. The molecule has 5 N–H and O–H groups in total. The van der Waals surface area contributed by atoms with Crippen molar-refractivity contribution in [3.63, 3.8) is 0 Å². The van der Waals surface area contributed by atoms with E-state index in [9.17, 15) is 24.3 Å². The zero-order chi connectivity index (χ0) is 28.8. The summed E-state index contributed by atoms with van der Waals surface area (Å²) < 4.78 is 3.76. The van der Waals surface area contributed by atoms with Gasteiger partial charge < -0.3 is 31.5 Å². The summed E-state index contributed by atoms with van der Waals surface area (Å²) in [4.78, 5) is 60.6. The average molecular weight is 585 g/mol. The molecule has 0 radical (unpaired) electrons. The number of anilines is 1. The molecule has 1 fully saturated rings. The van der Waals surface area contributed by atoms with Crippen molar-refractivity contribution in [2.24, 2.45) is 10.9 Å². The molecule has 3 aromatic rings. The number of thiazole rings is 1. The van der Waals surface area contributed by atoms with Crippen molar-refractivity contribution >= 4 is 63.3 Å². The van der Waals surface area contributed by atoms with Crippen LogP contribution in [-0.4, -0.2) is 66.6 Å². The summed E-state index contributed by atoms with van der Waals surface area (Å²) in [5.41, 5.74) is 10.3. The number of nitrogens with two attached hydrogens (primary N) is 2. The van der Waals surface area contributed by atoms with Gasteiger partial charge in [-0.15, -0.1) is 23.1 Å². The van der Waals surface area contributed by atoms with Crippen LogP contribution in [0.15, 0.2) is 58.6 Å². The maximum atomic E-state index is 13.2. The van der Waals surface area contributed by atoms with Gasteiger partial charge in [-0.05, 0) is 19.9 Å². The summed E-state index contributed by atoms with van der Waals surface area (Å²) in [6, 6.07) is 4.58. The van der Waals surface area contributed by atoms with Gasteiger partial charge in [0.05, 0.1) is 17.9 Å². The second kappa shape index (κ2) is 10.3. The number of imidazole rings is 1. The molecule has 40 heavy (non-hydrogen) atoms. The largest absolute Gasteiger partial charge is 0.543 e. The summed E-state index contributed by atoms with van der Waals surface area (Å²) in [5, 5.41) is 19.5. The molecule has 0 bridgehead atoms. The molecule has 14 nitrogen and oxygen atoms in total. The maximum Gasteiger partial charge on any atom is 0.286 e. The minimum atomic E-state index is -1.54. The normalized spacial score (nSPS) is 19.3. The van der Waals surface area contributed by atoms with Crippen LogP contribution in [0.3, 0.4) is 0 Å². The fourth-order valence-electron chi connectivity index (χ4n) is 4.19. The maximum absolute atomic E-state index is 13.2. The molecule has 0 unspecified atom stereocenters. The Bertz CT molecular complexity index is 1610. The molecule has 0 spiro atoms. The van der Waals surface area contributed by atoms with Gasteiger partial charge in [0.15, 0.2) is 10.8 Å². The molecule has 2 aliphatic rings. The van der Waals surface area contributed by atoms with E-state index in [1.54, 1.807) is 0 Å². The Morgan fingerprint density at radius 3 is 2.77 bits per heavy atom. The quantitative estimate of drug-likeness (QED) is 0.114. The summed E-state index contributed by atoms with van der Waals surface area (Å²) >= 11 is 2.36. The number of aromatic nitrogens is 3. The van der Waals surface area contributed by atoms with E-state index in [0.717, 1.165) is 21.9 Å². The number of hydrogen-bond acceptors (Lipinski definition) is 11. The smallest absolute Gasteiger partial charge is 0.286 e. The molecule has 2 aliphatic heterocycles. The number of β-lactam (4-membered cyclic amide) rings is 1. The predicted octanol–water partition coefficient (Wildman–Crippen LogP) is -1.65. The van der Waals surface area contributed by atoms with Crippen molar-refractivity contribution in [2.45, 2.75) is 37.4 Å². The van der Waals surface area contributed by atoms with E-state index in [1.807, 2.05) is 45.8 Å². The van der Waals surface area contributed by atoms with Crippen LogP contribution in [0.2, 0.25) is 0 Å². The number of nitrogen functional groups attached to an aromatic ring is 1. The predicted molar refractivity (Wildman–Crippen MR) is 142 cm³/mol. The molecule has 1 saturated heterocycles. The van der Waals surface area contributed by atoms with Crippen LogP contribution >= 0.6 is 23.1 Å². The Morgan fingerprint density at radius 1 is 1.32 bits per heavy atom. The van der Waals surface area contributed by atoms with E-state index in [1.165, 1.54) is 31.0 Å². The monoisotopic (exact) mass is 584 g/mol. The number of carboxylic acids is 1. The fraction of sp³-hybridized carbons (Fsp3) is 0.292. The van der Waals surface area contributed by atoms with Crippen LogP contribution in [0, 0.1) is 0 Å². The summed E-state index contributed by atoms with van der Waals surface area (Å²) in [6.07, 6.45) is 5.53. The highest BCUT2D eigenvalue weighted by molar-refractivity contribution is 8.00. The first-order valence-electron chi connectivity index (χ1n) is 11.9. The molecular weight excluding hydrogens is 560 g/mol. The van der Waals surface area contributed by atoms with Crippen LogP contribution in [0.4, 0.5) is 5.13 Å². The van der Waals surface area contributed by atoms with E-state index < -0.39 is 40.7 Å². The van der Waals surface area contributed by atoms with Crippen LogP contribution < -0.4 is 26.3 Å². The highest BCUT2D eigenvalue weighted by atomic mass is 32.2. The number of pyridine rings is 1. The lowest BCUT2D eigenvalue weighted by atomic mass is 10.0. The van der Waals surface area contributed by atoms with Crippen LogP contribution in [0.25, 0.3) is 5.65 Å². The molecule has 5 heterocycles. The Labute approximate surface area is 235 Å². The van der Waals surface area contributed by atoms with Gasteiger partial charge in [0.25, 0.3) is 23.4 Å². The Hall–Kier alpha value is -4.44. The topological polar surface area (TPSA) is 202 Å². The van der Waals surface area contributed by atoms with Gasteiger partial charge in [0.1, 0.15) is 36.0 Å². The first kappa shape index (κ1) is 27.1. The van der Waals surface area contributed by atoms with Crippen molar-refractivity contribution in [1.82, 2.24) is 19.8 Å². The summed E-state index contributed by atoms with van der Waals surface area (Å²) in [7, 11) is 0. The van der Waals surface area contributed by atoms with Gasteiger partial charge >= 0.3 is 0 Å². The third kappa shape index (κ3) is 4.86. The molecule has 16 heteroatoms. The van der Waals surface area contributed by atoms with E-state index in [2.05, 4.69) is 15.5 Å². The van der Waals surface area contributed by atoms with E-state index in [-0.39, 0.29) is 28.8 Å². The molecule has 3 aromatic heterocycles. The summed E-state index contributed by atoms with van der Waals surface area (Å²) in [6.45, 7) is 2.98. The van der Waals surface area contributed by atoms with Gasteiger partial charge in [-0.3, -0.25) is 19.3 Å². The highest BCUT2D eigenvalue weighted by Gasteiger charge is 2.53. The Morgan fingerprint density at radius 2 is 2.10 bits per heavy atom. The number of carbonyl (C=O) groups is 4. The number of aliphatic carboxylic acids is 1. The number of rotatable bonds is 9. The van der Waals surface area contributed by atoms with Gasteiger partial charge in [-0.25, -0.2) is 14.0 Å². The number of fused-ring (bicyclic) bond motifs is 2. The second-order valence-electron chi connectivity index (χ2n) is 9.47. The number of nitrogens with zero attached hydrogens (tertiary/aromatic N) is 5. The van der Waals surface area contributed by atoms with Crippen molar-refractivity contribution in [2.75, 3.05) is 11.5 Å². The lowest BCUT2D eigenvalue weighted by Crippen LogP contribution is -2.71. The second-order valence-corrected chi connectivity index (χ2v) is 11.5. The molecule has 208 valence electrons. The first-order chi connectivity index (χ1) is 19.0. The SMILES string of the molecule is CC(C)(O/N=C(\C(=O)N[C@@H]1C(=O)N2C(C(=O)[O-])=C(Cn3cc[n+]4ccccc34)CS[C@@H]12)c1csc(N)n1)C(N)=O. The van der Waals surface area contributed by atoms with Gasteiger partial charge in [-0.1, -0.05) is 11.2 Å². The third-order valence-corrected chi connectivity index (χ3v) is 8.41. The first-order valence-corrected chi connectivity index (χ1v) is 13.8. The number of amides is 3. The minimum Gasteiger partial charge on any atom is -0.543 e. The number of carboxylic acid groups (broad SMARTS) is 1. The number of thioether (sulfide) groups is 1. The van der Waals surface area contributed by atoms with E-state index in [4.69, 9.17) is 16.3 Å². The zero-order valence-electron chi connectivity index (χ0n) is 21.3. The van der Waals surface area contributed by atoms with Crippen molar-refractivity contribution in [3.05, 3.63) is 59.1 Å². The van der Waals surface area contributed by atoms with E-state index in [0.29, 0.717) is 11.3 Å². The van der Waals surface area contributed by atoms with Crippen molar-refractivity contribution in [3.8, 4) is 0 Å². The standard InChI is InChI=1S/C24H24N8O6S2/c1-24(2,22(25)37)38-29-15(13-11-40-23(26)27-13)18(33)28-16-19(34)32-17(21(35)36)12(10-39-20(16)32)9-31-8-7-30-6-4-3-5-14(30)31/h3-8,11,16,20H,9-10H2,1-2H3,(H5-,25,26,27,28,33,35,36,37)/b29-15-/t16-,20+/m1/s1. The Balaban J connectivity index is 1.37. The number of oxime groups is 1. The molecule has 3 amide bonds. The number of primary amides is 1. The minimum absolute atomic E-state index is 0.0645. The van der Waals surface area contributed by atoms with Crippen molar-refractivity contribution < 1.29 is 33.5 Å². The van der Waals surface area contributed by atoms with Crippen LogP contribution in [0.5, 0.6) is 0 Å². The lowest BCUT2D eigenvalue weighted by Gasteiger charge is -2.50. The highest BCUT2D eigenvalue weighted by Crippen LogP contribution is 2.40. The van der Waals surface area contributed by atoms with Gasteiger partial charge in [-0.2, -0.15) is 0 Å². The van der Waals surface area contributed by atoms with Gasteiger partial charge in [0, 0.05) is 22.8 Å². The molecule has 2 atom stereocenters. The van der Waals surface area contributed by atoms with Gasteiger partial charge in [0.2, 0.25) is 5.60 Å². The number of hydrogen-bond donors (Lipinski definition) is 3. The Kier molecular flexibility index (Phi) is 6.97. The number of nitrogens with one attached hydrogen (secondary N) is 1.